The lowest BCUT2D eigenvalue weighted by molar-refractivity contribution is -0.137. The first-order valence-electron chi connectivity index (χ1n) is 8.10. The quantitative estimate of drug-likeness (QED) is 0.832. The molecule has 2 aromatic rings. The Kier molecular flexibility index (Phi) is 4.72. The molecule has 3 rings (SSSR count). The molecule has 0 aliphatic carbocycles. The van der Waals surface area contributed by atoms with Gasteiger partial charge in [-0.05, 0) is 42.8 Å². The summed E-state index contributed by atoms with van der Waals surface area (Å²) in [7, 11) is 0. The molecule has 1 unspecified atom stereocenters. The highest BCUT2D eigenvalue weighted by atomic mass is 16.4. The third-order valence-corrected chi connectivity index (χ3v) is 4.50. The summed E-state index contributed by atoms with van der Waals surface area (Å²) in [5, 5.41) is 11.2. The number of nitrogens with zero attached hydrogens (tertiary/aromatic N) is 1. The molecular formula is C19H21NO3. The highest BCUT2D eigenvalue weighted by Gasteiger charge is 2.26. The maximum absolute atomic E-state index is 12.8. The fourth-order valence-corrected chi connectivity index (χ4v) is 3.31. The Labute approximate surface area is 135 Å². The number of hydrogen-bond acceptors (Lipinski definition) is 3. The monoisotopic (exact) mass is 311 g/mol. The van der Waals surface area contributed by atoms with Gasteiger partial charge in [0.2, 0.25) is 0 Å². The van der Waals surface area contributed by atoms with Crippen LogP contribution in [0.15, 0.2) is 42.5 Å². The first-order valence-corrected chi connectivity index (χ1v) is 8.10. The number of rotatable bonds is 6. The van der Waals surface area contributed by atoms with Crippen molar-refractivity contribution >= 4 is 22.5 Å². The molecule has 0 radical (unpaired) electrons. The smallest absolute Gasteiger partial charge is 0.304 e. The first-order chi connectivity index (χ1) is 11.1. The van der Waals surface area contributed by atoms with Crippen molar-refractivity contribution in [2.24, 2.45) is 5.92 Å². The Hall–Kier alpha value is -2.20. The molecule has 2 aromatic carbocycles. The lowest BCUT2D eigenvalue weighted by Gasteiger charge is -2.21. The molecule has 0 amide bonds. The number of likely N-dealkylation sites (tertiary alicyclic amines) is 1. The minimum absolute atomic E-state index is 0.0648. The lowest BCUT2D eigenvalue weighted by Crippen LogP contribution is -2.32. The topological polar surface area (TPSA) is 57.6 Å². The predicted molar refractivity (Wildman–Crippen MR) is 89.7 cm³/mol. The van der Waals surface area contributed by atoms with E-state index in [0.717, 1.165) is 36.7 Å². The maximum Gasteiger partial charge on any atom is 0.304 e. The van der Waals surface area contributed by atoms with Gasteiger partial charge in [0.25, 0.3) is 0 Å². The van der Waals surface area contributed by atoms with E-state index in [2.05, 4.69) is 4.90 Å². The van der Waals surface area contributed by atoms with E-state index in [1.54, 1.807) is 0 Å². The molecule has 0 aromatic heterocycles. The van der Waals surface area contributed by atoms with Crippen molar-refractivity contribution in [2.45, 2.75) is 19.3 Å². The molecule has 1 N–H and O–H groups in total. The number of Topliss-reactive ketones (excluding diaryl/α,β-unsaturated/α-hetero) is 1. The normalized spacial score (nSPS) is 16.5. The average molecular weight is 311 g/mol. The summed E-state index contributed by atoms with van der Waals surface area (Å²) in [6.45, 7) is 2.46. The van der Waals surface area contributed by atoms with Gasteiger partial charge in [-0.25, -0.2) is 0 Å². The van der Waals surface area contributed by atoms with Crippen LogP contribution in [0.2, 0.25) is 0 Å². The van der Waals surface area contributed by atoms with E-state index in [1.165, 1.54) is 0 Å². The molecule has 0 bridgehead atoms. The van der Waals surface area contributed by atoms with E-state index in [4.69, 9.17) is 5.11 Å². The molecule has 1 atom stereocenters. The zero-order valence-electron chi connectivity index (χ0n) is 13.1. The molecule has 1 heterocycles. The van der Waals surface area contributed by atoms with Crippen molar-refractivity contribution in [2.75, 3.05) is 19.6 Å². The second-order valence-electron chi connectivity index (χ2n) is 6.23. The largest absolute Gasteiger partial charge is 0.481 e. The molecule has 4 heteroatoms. The van der Waals surface area contributed by atoms with E-state index in [1.807, 2.05) is 42.5 Å². The maximum atomic E-state index is 12.8. The highest BCUT2D eigenvalue weighted by Crippen LogP contribution is 2.21. The van der Waals surface area contributed by atoms with Crippen molar-refractivity contribution in [1.29, 1.82) is 0 Å². The fraction of sp³-hybridized carbons (Fsp3) is 0.368. The number of benzene rings is 2. The number of carbonyl (C=O) groups is 2. The number of carboxylic acid groups (broad SMARTS) is 1. The molecule has 120 valence electrons. The second-order valence-corrected chi connectivity index (χ2v) is 6.23. The van der Waals surface area contributed by atoms with Crippen molar-refractivity contribution in [3.05, 3.63) is 48.0 Å². The van der Waals surface area contributed by atoms with Crippen LogP contribution >= 0.6 is 0 Å². The number of ketones is 1. The van der Waals surface area contributed by atoms with Gasteiger partial charge in [-0.15, -0.1) is 0 Å². The number of hydrogen-bond donors (Lipinski definition) is 1. The van der Waals surface area contributed by atoms with Crippen molar-refractivity contribution in [3.63, 3.8) is 0 Å². The first kappa shape index (κ1) is 15.7. The van der Waals surface area contributed by atoms with Crippen LogP contribution in [0, 0.1) is 5.92 Å². The standard InChI is InChI=1S/C19H21NO3/c21-18(22)12-17(13-20-9-3-4-10-20)19(23)16-8-7-14-5-1-2-6-15(14)11-16/h1-2,5-8,11,17H,3-4,9-10,12-13H2,(H,21,22). The zero-order chi connectivity index (χ0) is 16.2. The van der Waals surface area contributed by atoms with Crippen molar-refractivity contribution in [1.82, 2.24) is 4.90 Å². The fourth-order valence-electron chi connectivity index (χ4n) is 3.31. The Morgan fingerprint density at radius 2 is 1.74 bits per heavy atom. The molecule has 1 aliphatic heterocycles. The summed E-state index contributed by atoms with van der Waals surface area (Å²) in [6, 6.07) is 13.5. The van der Waals surface area contributed by atoms with Crippen LogP contribution in [0.4, 0.5) is 0 Å². The van der Waals surface area contributed by atoms with Crippen LogP contribution in [0.3, 0.4) is 0 Å². The van der Waals surface area contributed by atoms with E-state index < -0.39 is 11.9 Å². The zero-order valence-corrected chi connectivity index (χ0v) is 13.1. The summed E-state index contributed by atoms with van der Waals surface area (Å²) < 4.78 is 0. The molecule has 0 spiro atoms. The van der Waals surface area contributed by atoms with Gasteiger partial charge in [0.05, 0.1) is 6.42 Å². The van der Waals surface area contributed by atoms with Crippen LogP contribution in [0.25, 0.3) is 10.8 Å². The second kappa shape index (κ2) is 6.92. The summed E-state index contributed by atoms with van der Waals surface area (Å²) >= 11 is 0. The van der Waals surface area contributed by atoms with Crippen LogP contribution in [0.1, 0.15) is 29.6 Å². The summed E-state index contributed by atoms with van der Waals surface area (Å²) in [5.41, 5.74) is 0.606. The molecule has 4 nitrogen and oxygen atoms in total. The Morgan fingerprint density at radius 3 is 2.43 bits per heavy atom. The molecule has 1 saturated heterocycles. The number of aliphatic carboxylic acids is 1. The van der Waals surface area contributed by atoms with E-state index in [9.17, 15) is 9.59 Å². The number of carboxylic acids is 1. The summed E-state index contributed by atoms with van der Waals surface area (Å²) in [6.07, 6.45) is 2.15. The predicted octanol–water partition coefficient (Wildman–Crippen LogP) is 3.21. The van der Waals surface area contributed by atoms with Gasteiger partial charge in [0, 0.05) is 18.0 Å². The molecular weight excluding hydrogens is 290 g/mol. The van der Waals surface area contributed by atoms with Crippen molar-refractivity contribution in [3.8, 4) is 0 Å². The van der Waals surface area contributed by atoms with Gasteiger partial charge in [-0.1, -0.05) is 36.4 Å². The Morgan fingerprint density at radius 1 is 1.04 bits per heavy atom. The van der Waals surface area contributed by atoms with E-state index in [-0.39, 0.29) is 12.2 Å². The minimum Gasteiger partial charge on any atom is -0.481 e. The van der Waals surface area contributed by atoms with Crippen LogP contribution < -0.4 is 0 Å². The number of carbonyl (C=O) groups excluding carboxylic acids is 1. The van der Waals surface area contributed by atoms with E-state index in [0.29, 0.717) is 12.1 Å². The average Bonchev–Trinajstić information content (AvgIpc) is 3.06. The SMILES string of the molecule is O=C(O)CC(CN1CCCC1)C(=O)c1ccc2ccccc2c1. The number of fused-ring (bicyclic) bond motifs is 1. The van der Waals surface area contributed by atoms with Crippen LogP contribution in [-0.4, -0.2) is 41.4 Å². The Bertz CT molecular complexity index is 719. The van der Waals surface area contributed by atoms with Gasteiger partial charge in [-0.2, -0.15) is 0 Å². The highest BCUT2D eigenvalue weighted by molar-refractivity contribution is 6.02. The lowest BCUT2D eigenvalue weighted by atomic mass is 9.92. The van der Waals surface area contributed by atoms with Gasteiger partial charge in [-0.3, -0.25) is 9.59 Å². The van der Waals surface area contributed by atoms with Gasteiger partial charge in [0.1, 0.15) is 0 Å². The van der Waals surface area contributed by atoms with Gasteiger partial charge < -0.3 is 10.0 Å². The van der Waals surface area contributed by atoms with Gasteiger partial charge >= 0.3 is 5.97 Å². The van der Waals surface area contributed by atoms with Crippen molar-refractivity contribution < 1.29 is 14.7 Å². The molecule has 23 heavy (non-hydrogen) atoms. The van der Waals surface area contributed by atoms with Crippen LogP contribution in [0.5, 0.6) is 0 Å². The summed E-state index contributed by atoms with van der Waals surface area (Å²) in [5.74, 6) is -1.46. The third-order valence-electron chi connectivity index (χ3n) is 4.50. The summed E-state index contributed by atoms with van der Waals surface area (Å²) in [4.78, 5) is 26.2. The van der Waals surface area contributed by atoms with Gasteiger partial charge in [0.15, 0.2) is 5.78 Å². The minimum atomic E-state index is -0.914. The van der Waals surface area contributed by atoms with E-state index >= 15 is 0 Å². The third kappa shape index (κ3) is 3.77. The Balaban J connectivity index is 1.83. The molecule has 1 aliphatic rings. The van der Waals surface area contributed by atoms with Crippen LogP contribution in [-0.2, 0) is 4.79 Å². The molecule has 1 fully saturated rings. The molecule has 0 saturated carbocycles.